The molecule has 0 spiro atoms. The molecule has 3 N–H and O–H groups in total. The highest BCUT2D eigenvalue weighted by Gasteiger charge is 2.54. The largest absolute Gasteiger partial charge is 0.522 e. The third-order valence-electron chi connectivity index (χ3n) is 4.00. The zero-order valence-corrected chi connectivity index (χ0v) is 11.8. The topological polar surface area (TPSA) is 46.1 Å². The molecule has 2 rings (SSSR count). The first-order valence-corrected chi connectivity index (χ1v) is 6.54. The second-order valence-electron chi connectivity index (χ2n) is 6.07. The average molecular weight is 248 g/mol. The third-order valence-corrected chi connectivity index (χ3v) is 4.00. The summed E-state index contributed by atoms with van der Waals surface area (Å²) >= 11 is 0. The van der Waals surface area contributed by atoms with E-state index in [0.717, 1.165) is 6.42 Å². The van der Waals surface area contributed by atoms with Gasteiger partial charge in [0, 0.05) is 6.42 Å². The van der Waals surface area contributed by atoms with E-state index in [1.165, 1.54) is 5.56 Å². The van der Waals surface area contributed by atoms with Crippen LogP contribution in [0.3, 0.4) is 0 Å². The molecule has 1 unspecified atom stereocenters. The van der Waals surface area contributed by atoms with E-state index < -0.39 is 0 Å². The number of hydrogen-bond acceptors (Lipinski definition) is 2. The Hall–Kier alpha value is -0.835. The summed E-state index contributed by atoms with van der Waals surface area (Å²) in [5, 5.41) is 0. The van der Waals surface area contributed by atoms with E-state index in [-0.39, 0.29) is 24.3 Å². The van der Waals surface area contributed by atoms with Crippen molar-refractivity contribution in [2.75, 3.05) is 0 Å². The van der Waals surface area contributed by atoms with Gasteiger partial charge in [-0.25, -0.2) is 0 Å². The number of hydrogen-bond donors (Lipinski definition) is 1. The van der Waals surface area contributed by atoms with E-state index in [4.69, 9.17) is 9.31 Å². The van der Waals surface area contributed by atoms with Gasteiger partial charge in [-0.3, -0.25) is 0 Å². The van der Waals surface area contributed by atoms with Gasteiger partial charge in [-0.05, 0) is 33.3 Å². The van der Waals surface area contributed by atoms with Gasteiger partial charge in [0.1, 0.15) is 5.94 Å². The fraction of sp³-hybridized carbons (Fsp3) is 0.571. The summed E-state index contributed by atoms with van der Waals surface area (Å²) < 4.78 is 12.0. The molecule has 1 fully saturated rings. The SMILES string of the molecule is CC1(C)OB(C([NH3+])Cc2ccccc2)OC1(C)C. The van der Waals surface area contributed by atoms with Crippen LogP contribution in [0.25, 0.3) is 0 Å². The maximum atomic E-state index is 6.01. The Morgan fingerprint density at radius 2 is 1.56 bits per heavy atom. The molecule has 18 heavy (non-hydrogen) atoms. The summed E-state index contributed by atoms with van der Waals surface area (Å²) in [6.45, 7) is 8.29. The Morgan fingerprint density at radius 3 is 2.06 bits per heavy atom. The quantitative estimate of drug-likeness (QED) is 0.823. The van der Waals surface area contributed by atoms with Crippen molar-refractivity contribution in [1.29, 1.82) is 0 Å². The van der Waals surface area contributed by atoms with Crippen molar-refractivity contribution >= 4 is 7.12 Å². The Balaban J connectivity index is 2.02. The van der Waals surface area contributed by atoms with Crippen molar-refractivity contribution in [2.45, 2.75) is 51.3 Å². The van der Waals surface area contributed by atoms with Gasteiger partial charge in [0.15, 0.2) is 0 Å². The summed E-state index contributed by atoms with van der Waals surface area (Å²) in [5.41, 5.74) is 4.92. The molecule has 98 valence electrons. The minimum Gasteiger partial charge on any atom is -0.399 e. The van der Waals surface area contributed by atoms with Gasteiger partial charge in [-0.1, -0.05) is 30.3 Å². The van der Waals surface area contributed by atoms with Crippen molar-refractivity contribution in [3.8, 4) is 0 Å². The fourth-order valence-electron chi connectivity index (χ4n) is 2.09. The Kier molecular flexibility index (Phi) is 3.54. The molecule has 1 aliphatic heterocycles. The van der Waals surface area contributed by atoms with Gasteiger partial charge in [0.25, 0.3) is 0 Å². The first-order chi connectivity index (χ1) is 8.32. The van der Waals surface area contributed by atoms with E-state index in [1.54, 1.807) is 0 Å². The molecule has 1 saturated heterocycles. The summed E-state index contributed by atoms with van der Waals surface area (Å²) in [6.07, 6.45) is 0.873. The van der Waals surface area contributed by atoms with Gasteiger partial charge in [-0.15, -0.1) is 0 Å². The van der Waals surface area contributed by atoms with Crippen molar-refractivity contribution < 1.29 is 15.0 Å². The highest BCUT2D eigenvalue weighted by atomic mass is 16.7. The van der Waals surface area contributed by atoms with E-state index >= 15 is 0 Å². The molecule has 4 heteroatoms. The van der Waals surface area contributed by atoms with Crippen LogP contribution in [0.2, 0.25) is 0 Å². The summed E-state index contributed by atoms with van der Waals surface area (Å²) in [6, 6.07) is 10.3. The van der Waals surface area contributed by atoms with Crippen molar-refractivity contribution in [3.63, 3.8) is 0 Å². The number of quaternary nitrogens is 1. The molecular weight excluding hydrogens is 225 g/mol. The maximum Gasteiger partial charge on any atom is 0.522 e. The summed E-state index contributed by atoms with van der Waals surface area (Å²) in [4.78, 5) is 0. The lowest BCUT2D eigenvalue weighted by atomic mass is 9.75. The number of benzene rings is 1. The molecule has 1 heterocycles. The number of rotatable bonds is 3. The molecule has 1 aromatic rings. The van der Waals surface area contributed by atoms with E-state index in [9.17, 15) is 0 Å². The highest BCUT2D eigenvalue weighted by Crippen LogP contribution is 2.37. The van der Waals surface area contributed by atoms with Gasteiger partial charge in [-0.2, -0.15) is 0 Å². The molecule has 0 aromatic heterocycles. The lowest BCUT2D eigenvalue weighted by molar-refractivity contribution is -0.397. The van der Waals surface area contributed by atoms with Crippen LogP contribution in [-0.4, -0.2) is 24.3 Å². The predicted octanol–water partition coefficient (Wildman–Crippen LogP) is 1.47. The minimum atomic E-state index is -0.274. The van der Waals surface area contributed by atoms with E-state index in [1.807, 2.05) is 18.2 Å². The zero-order chi connectivity index (χ0) is 13.4. The lowest BCUT2D eigenvalue weighted by Crippen LogP contribution is -2.69. The smallest absolute Gasteiger partial charge is 0.399 e. The van der Waals surface area contributed by atoms with Crippen LogP contribution >= 0.6 is 0 Å². The van der Waals surface area contributed by atoms with Gasteiger partial charge in [0.2, 0.25) is 0 Å². The van der Waals surface area contributed by atoms with Crippen LogP contribution in [0.15, 0.2) is 30.3 Å². The maximum absolute atomic E-state index is 6.01. The summed E-state index contributed by atoms with van der Waals surface area (Å²) in [5.74, 6) is 0.105. The molecule has 1 atom stereocenters. The molecule has 0 bridgehead atoms. The normalized spacial score (nSPS) is 23.1. The Bertz CT molecular complexity index is 390. The first-order valence-electron chi connectivity index (χ1n) is 6.54. The first kappa shape index (κ1) is 13.6. The van der Waals surface area contributed by atoms with Crippen LogP contribution in [0, 0.1) is 0 Å². The molecule has 3 nitrogen and oxygen atoms in total. The van der Waals surface area contributed by atoms with Crippen LogP contribution in [0.4, 0.5) is 0 Å². The molecule has 0 aliphatic carbocycles. The van der Waals surface area contributed by atoms with E-state index in [0.29, 0.717) is 0 Å². The molecule has 0 saturated carbocycles. The molecule has 0 radical (unpaired) electrons. The van der Waals surface area contributed by atoms with Crippen LogP contribution in [0.1, 0.15) is 33.3 Å². The Morgan fingerprint density at radius 1 is 1.06 bits per heavy atom. The molecule has 1 aliphatic rings. The second-order valence-corrected chi connectivity index (χ2v) is 6.07. The minimum absolute atomic E-state index is 0.105. The molecule has 1 aromatic carbocycles. The van der Waals surface area contributed by atoms with Crippen molar-refractivity contribution in [1.82, 2.24) is 0 Å². The second kappa shape index (κ2) is 4.69. The molecule has 0 amide bonds. The highest BCUT2D eigenvalue weighted by molar-refractivity contribution is 6.46. The Labute approximate surface area is 110 Å². The van der Waals surface area contributed by atoms with Gasteiger partial charge in [0.05, 0.1) is 11.2 Å². The average Bonchev–Trinajstić information content (AvgIpc) is 2.50. The summed E-state index contributed by atoms with van der Waals surface area (Å²) in [7, 11) is -0.227. The predicted molar refractivity (Wildman–Crippen MR) is 72.9 cm³/mol. The van der Waals surface area contributed by atoms with Crippen LogP contribution < -0.4 is 5.73 Å². The molecular formula is C14H23BNO2+. The van der Waals surface area contributed by atoms with Crippen LogP contribution in [-0.2, 0) is 15.7 Å². The van der Waals surface area contributed by atoms with Gasteiger partial charge < -0.3 is 15.0 Å². The van der Waals surface area contributed by atoms with Crippen molar-refractivity contribution in [2.24, 2.45) is 0 Å². The van der Waals surface area contributed by atoms with Gasteiger partial charge >= 0.3 is 7.12 Å². The lowest BCUT2D eigenvalue weighted by Gasteiger charge is -2.32. The van der Waals surface area contributed by atoms with Crippen molar-refractivity contribution in [3.05, 3.63) is 35.9 Å². The van der Waals surface area contributed by atoms with E-state index in [2.05, 4.69) is 45.6 Å². The van der Waals surface area contributed by atoms with Crippen LogP contribution in [0.5, 0.6) is 0 Å². The zero-order valence-electron chi connectivity index (χ0n) is 11.8. The standard InChI is InChI=1S/C14H22BNO2/c1-13(2)14(3,4)18-15(17-13)12(16)10-11-8-6-5-7-9-11/h5-9,12H,10,16H2,1-4H3/p+1. The fourth-order valence-corrected chi connectivity index (χ4v) is 2.09. The third kappa shape index (κ3) is 2.61. The monoisotopic (exact) mass is 248 g/mol.